The van der Waals surface area contributed by atoms with Crippen LogP contribution in [-0.4, -0.2) is 33.9 Å². The van der Waals surface area contributed by atoms with Crippen LogP contribution in [0, 0.1) is 12.3 Å². The zero-order chi connectivity index (χ0) is 11.8. The molecule has 4 nitrogen and oxygen atoms in total. The Hall–Kier alpha value is -1.25. The lowest BCUT2D eigenvalue weighted by Gasteiger charge is -2.03. The molecule has 0 radical (unpaired) electrons. The third-order valence-corrected chi connectivity index (χ3v) is 2.60. The van der Waals surface area contributed by atoms with E-state index in [-0.39, 0.29) is 16.8 Å². The first kappa shape index (κ1) is 12.8. The van der Waals surface area contributed by atoms with Crippen LogP contribution in [0.3, 0.4) is 0 Å². The van der Waals surface area contributed by atoms with Gasteiger partial charge in [-0.25, -0.2) is 4.98 Å². The minimum atomic E-state index is -0.281. The van der Waals surface area contributed by atoms with E-state index in [1.807, 2.05) is 0 Å². The van der Waals surface area contributed by atoms with E-state index in [9.17, 15) is 4.79 Å². The van der Waals surface area contributed by atoms with Crippen molar-refractivity contribution in [3.05, 3.63) is 23.2 Å². The molecule has 0 saturated heterocycles. The molecule has 0 spiro atoms. The molecular weight excluding hydrogens is 246 g/mol. The number of halogens is 1. The highest BCUT2D eigenvalue weighted by molar-refractivity contribution is 7.99. The van der Waals surface area contributed by atoms with Gasteiger partial charge < -0.3 is 5.32 Å². The van der Waals surface area contributed by atoms with E-state index in [0.29, 0.717) is 12.3 Å². The Labute approximate surface area is 103 Å². The molecule has 16 heavy (non-hydrogen) atoms. The predicted molar refractivity (Wildman–Crippen MR) is 65.5 cm³/mol. The van der Waals surface area contributed by atoms with Crippen molar-refractivity contribution in [1.29, 1.82) is 0 Å². The highest BCUT2D eigenvalue weighted by Crippen LogP contribution is 2.02. The van der Waals surface area contributed by atoms with E-state index >= 15 is 0 Å². The van der Waals surface area contributed by atoms with Crippen LogP contribution < -0.4 is 5.32 Å². The zero-order valence-electron chi connectivity index (χ0n) is 8.44. The maximum absolute atomic E-state index is 11.5. The highest BCUT2D eigenvalue weighted by atomic mass is 35.5. The first-order valence-corrected chi connectivity index (χ1v) is 6.04. The van der Waals surface area contributed by atoms with Gasteiger partial charge in [0.25, 0.3) is 5.91 Å². The summed E-state index contributed by atoms with van der Waals surface area (Å²) >= 11 is 7.19. The average molecular weight is 256 g/mol. The summed E-state index contributed by atoms with van der Waals surface area (Å²) in [5, 5.41) is 2.90. The summed E-state index contributed by atoms with van der Waals surface area (Å²) in [6.07, 6.45) is 7.83. The quantitative estimate of drug-likeness (QED) is 0.635. The molecule has 6 heteroatoms. The monoisotopic (exact) mass is 255 g/mol. The Morgan fingerprint density at radius 3 is 3.12 bits per heavy atom. The van der Waals surface area contributed by atoms with Gasteiger partial charge >= 0.3 is 0 Å². The number of carbonyl (C=O) groups is 1. The van der Waals surface area contributed by atoms with Gasteiger partial charge in [-0.3, -0.25) is 9.78 Å². The van der Waals surface area contributed by atoms with Gasteiger partial charge in [0.05, 0.1) is 18.1 Å². The third kappa shape index (κ3) is 4.51. The topological polar surface area (TPSA) is 54.9 Å². The van der Waals surface area contributed by atoms with Gasteiger partial charge in [-0.15, -0.1) is 18.2 Å². The van der Waals surface area contributed by atoms with E-state index < -0.39 is 0 Å². The molecule has 0 unspecified atom stereocenters. The second-order valence-electron chi connectivity index (χ2n) is 2.74. The first-order valence-electron chi connectivity index (χ1n) is 4.51. The van der Waals surface area contributed by atoms with Crippen LogP contribution in [0.2, 0.25) is 5.15 Å². The van der Waals surface area contributed by atoms with Gasteiger partial charge in [-0.05, 0) is 0 Å². The maximum Gasteiger partial charge on any atom is 0.271 e. The number of hydrogen-bond donors (Lipinski definition) is 1. The SMILES string of the molecule is C#CCSCCNC(=O)c1cncc(Cl)n1. The largest absolute Gasteiger partial charge is 0.350 e. The normalized spacial score (nSPS) is 9.50. The van der Waals surface area contributed by atoms with E-state index in [4.69, 9.17) is 18.0 Å². The molecule has 1 N–H and O–H groups in total. The van der Waals surface area contributed by atoms with Crippen LogP contribution in [0.15, 0.2) is 12.4 Å². The minimum Gasteiger partial charge on any atom is -0.350 e. The second kappa shape index (κ2) is 7.09. The lowest BCUT2D eigenvalue weighted by molar-refractivity contribution is 0.0951. The number of rotatable bonds is 5. The standard InChI is InChI=1S/C10H10ClN3OS/c1-2-4-16-5-3-13-10(15)8-6-12-7-9(11)14-8/h1,6-7H,3-5H2,(H,13,15). The Morgan fingerprint density at radius 2 is 2.44 bits per heavy atom. The molecule has 0 aliphatic carbocycles. The first-order chi connectivity index (χ1) is 7.74. The van der Waals surface area contributed by atoms with Gasteiger partial charge in [-0.2, -0.15) is 0 Å². The van der Waals surface area contributed by atoms with Gasteiger partial charge in [0, 0.05) is 12.3 Å². The average Bonchev–Trinajstić information content (AvgIpc) is 2.28. The smallest absolute Gasteiger partial charge is 0.271 e. The van der Waals surface area contributed by atoms with Crippen LogP contribution in [-0.2, 0) is 0 Å². The van der Waals surface area contributed by atoms with E-state index in [1.54, 1.807) is 11.8 Å². The molecule has 1 rings (SSSR count). The van der Waals surface area contributed by atoms with Crippen LogP contribution >= 0.6 is 23.4 Å². The van der Waals surface area contributed by atoms with Gasteiger partial charge in [0.2, 0.25) is 0 Å². The number of thioether (sulfide) groups is 1. The maximum atomic E-state index is 11.5. The Bertz CT molecular complexity index is 405. The lowest BCUT2D eigenvalue weighted by atomic mass is 10.4. The molecule has 0 fully saturated rings. The van der Waals surface area contributed by atoms with Crippen LogP contribution in [0.5, 0.6) is 0 Å². The second-order valence-corrected chi connectivity index (χ2v) is 4.23. The Kier molecular flexibility index (Phi) is 5.68. The molecule has 1 amide bonds. The summed E-state index contributed by atoms with van der Waals surface area (Å²) < 4.78 is 0. The minimum absolute atomic E-state index is 0.203. The van der Waals surface area contributed by atoms with E-state index in [2.05, 4.69) is 21.2 Å². The van der Waals surface area contributed by atoms with Crippen LogP contribution in [0.25, 0.3) is 0 Å². The summed E-state index contributed by atoms with van der Waals surface area (Å²) in [7, 11) is 0. The van der Waals surface area contributed by atoms with Crippen molar-refractivity contribution >= 4 is 29.3 Å². The molecule has 0 bridgehead atoms. The molecule has 0 aliphatic rings. The summed E-state index contributed by atoms with van der Waals surface area (Å²) in [6.45, 7) is 0.541. The number of terminal acetylenes is 1. The van der Waals surface area contributed by atoms with Gasteiger partial charge in [0.1, 0.15) is 10.8 Å². The lowest BCUT2D eigenvalue weighted by Crippen LogP contribution is -2.26. The van der Waals surface area contributed by atoms with Crippen molar-refractivity contribution in [2.75, 3.05) is 18.1 Å². The van der Waals surface area contributed by atoms with Crippen molar-refractivity contribution in [3.63, 3.8) is 0 Å². The molecule has 0 atom stereocenters. The van der Waals surface area contributed by atoms with Crippen molar-refractivity contribution in [2.24, 2.45) is 0 Å². The number of carbonyl (C=O) groups excluding carboxylic acids is 1. The predicted octanol–water partition coefficient (Wildman–Crippen LogP) is 1.23. The molecule has 1 heterocycles. The third-order valence-electron chi connectivity index (χ3n) is 1.56. The number of hydrogen-bond acceptors (Lipinski definition) is 4. The van der Waals surface area contributed by atoms with Gasteiger partial charge in [0.15, 0.2) is 0 Å². The Balaban J connectivity index is 2.33. The fourth-order valence-corrected chi connectivity index (χ4v) is 1.57. The molecule has 0 aromatic carbocycles. The van der Waals surface area contributed by atoms with E-state index in [1.165, 1.54) is 12.4 Å². The summed E-state index contributed by atoms with van der Waals surface area (Å²) in [5.74, 6) is 3.64. The fourth-order valence-electron chi connectivity index (χ4n) is 0.910. The molecular formula is C10H10ClN3OS. The number of nitrogens with zero attached hydrogens (tertiary/aromatic N) is 2. The Morgan fingerprint density at radius 1 is 1.62 bits per heavy atom. The fraction of sp³-hybridized carbons (Fsp3) is 0.300. The molecule has 0 aliphatic heterocycles. The number of amides is 1. The molecule has 0 saturated carbocycles. The van der Waals surface area contributed by atoms with Crippen LogP contribution in [0.1, 0.15) is 10.5 Å². The highest BCUT2D eigenvalue weighted by Gasteiger charge is 2.06. The van der Waals surface area contributed by atoms with Crippen molar-refractivity contribution in [1.82, 2.24) is 15.3 Å². The molecule has 84 valence electrons. The van der Waals surface area contributed by atoms with Crippen molar-refractivity contribution in [3.8, 4) is 12.3 Å². The van der Waals surface area contributed by atoms with E-state index in [0.717, 1.165) is 5.75 Å². The summed E-state index contributed by atoms with van der Waals surface area (Å²) in [5.41, 5.74) is 0.217. The summed E-state index contributed by atoms with van der Waals surface area (Å²) in [6, 6.07) is 0. The number of aromatic nitrogens is 2. The molecule has 1 aromatic heterocycles. The number of nitrogens with one attached hydrogen (secondary N) is 1. The van der Waals surface area contributed by atoms with Gasteiger partial charge in [-0.1, -0.05) is 17.5 Å². The van der Waals surface area contributed by atoms with Crippen LogP contribution in [0.4, 0.5) is 0 Å². The zero-order valence-corrected chi connectivity index (χ0v) is 10.0. The van der Waals surface area contributed by atoms with Crippen molar-refractivity contribution in [2.45, 2.75) is 0 Å². The molecule has 1 aromatic rings. The van der Waals surface area contributed by atoms with Crippen molar-refractivity contribution < 1.29 is 4.79 Å². The summed E-state index contributed by atoms with van der Waals surface area (Å²) in [4.78, 5) is 19.1.